The number of hydrogen-bond acceptors (Lipinski definition) is 4. The molecule has 0 heterocycles. The lowest BCUT2D eigenvalue weighted by Crippen LogP contribution is -2.39. The van der Waals surface area contributed by atoms with Crippen LogP contribution in [0.25, 0.3) is 0 Å². The second-order valence-corrected chi connectivity index (χ2v) is 3.92. The second kappa shape index (κ2) is 8.10. The van der Waals surface area contributed by atoms with Gasteiger partial charge in [0.25, 0.3) is 0 Å². The Labute approximate surface area is 97.1 Å². The van der Waals surface area contributed by atoms with Gasteiger partial charge in [0, 0.05) is 7.05 Å². The lowest BCUT2D eigenvalue weighted by molar-refractivity contribution is -0.148. The molecule has 0 fully saturated rings. The van der Waals surface area contributed by atoms with Gasteiger partial charge in [0.15, 0.2) is 0 Å². The van der Waals surface area contributed by atoms with E-state index in [1.165, 1.54) is 0 Å². The van der Waals surface area contributed by atoms with Crippen molar-refractivity contribution in [3.05, 3.63) is 0 Å². The first kappa shape index (κ1) is 14.9. The molecule has 0 aliphatic rings. The summed E-state index contributed by atoms with van der Waals surface area (Å²) in [6, 6.07) is 0. The van der Waals surface area contributed by atoms with Crippen LogP contribution >= 0.6 is 0 Å². The topological polar surface area (TPSA) is 58.6 Å². The minimum Gasteiger partial charge on any atom is -0.462 e. The van der Waals surface area contributed by atoms with Gasteiger partial charge >= 0.3 is 5.97 Å². The van der Waals surface area contributed by atoms with Crippen molar-refractivity contribution in [3.63, 3.8) is 0 Å². The summed E-state index contributed by atoms with van der Waals surface area (Å²) in [6.07, 6.45) is 0.780. The highest BCUT2D eigenvalue weighted by Gasteiger charge is 2.14. The maximum Gasteiger partial charge on any atom is 0.320 e. The summed E-state index contributed by atoms with van der Waals surface area (Å²) in [5.74, 6) is -0.377. The summed E-state index contributed by atoms with van der Waals surface area (Å²) >= 11 is 0. The summed E-state index contributed by atoms with van der Waals surface area (Å²) in [4.78, 5) is 24.4. The summed E-state index contributed by atoms with van der Waals surface area (Å²) in [5.41, 5.74) is 0. The summed E-state index contributed by atoms with van der Waals surface area (Å²) in [5, 5.41) is 2.54. The van der Waals surface area contributed by atoms with E-state index in [-0.39, 0.29) is 31.1 Å². The molecule has 0 saturated heterocycles. The van der Waals surface area contributed by atoms with E-state index < -0.39 is 0 Å². The predicted octanol–water partition coefficient (Wildman–Crippen LogP) is 0.396. The molecule has 94 valence electrons. The van der Waals surface area contributed by atoms with E-state index in [9.17, 15) is 9.59 Å². The van der Waals surface area contributed by atoms with Crippen LogP contribution in [0.15, 0.2) is 0 Å². The standard InChI is InChI=1S/C11H22N2O3/c1-5-6-13(7-10(14)12-4)8-11(15)16-9(2)3/h9H,5-8H2,1-4H3,(H,12,14). The van der Waals surface area contributed by atoms with Gasteiger partial charge in [-0.05, 0) is 26.8 Å². The van der Waals surface area contributed by atoms with Crippen molar-refractivity contribution in [1.29, 1.82) is 0 Å². The van der Waals surface area contributed by atoms with Crippen LogP contribution in [0.1, 0.15) is 27.2 Å². The number of likely N-dealkylation sites (N-methyl/N-ethyl adjacent to an activating group) is 1. The van der Waals surface area contributed by atoms with Crippen LogP contribution in [0.4, 0.5) is 0 Å². The van der Waals surface area contributed by atoms with Crippen molar-refractivity contribution in [2.45, 2.75) is 33.3 Å². The molecule has 0 aliphatic heterocycles. The zero-order valence-corrected chi connectivity index (χ0v) is 10.6. The Hall–Kier alpha value is -1.10. The third-order valence-electron chi connectivity index (χ3n) is 1.91. The molecule has 1 N–H and O–H groups in total. The largest absolute Gasteiger partial charge is 0.462 e. The Morgan fingerprint density at radius 1 is 1.31 bits per heavy atom. The second-order valence-electron chi connectivity index (χ2n) is 3.92. The number of nitrogens with one attached hydrogen (secondary N) is 1. The fourth-order valence-electron chi connectivity index (χ4n) is 1.30. The maximum absolute atomic E-state index is 11.4. The van der Waals surface area contributed by atoms with Gasteiger partial charge in [0.05, 0.1) is 19.2 Å². The molecule has 5 nitrogen and oxygen atoms in total. The van der Waals surface area contributed by atoms with Gasteiger partial charge in [0.1, 0.15) is 0 Å². The number of rotatable bonds is 7. The van der Waals surface area contributed by atoms with Crippen molar-refractivity contribution < 1.29 is 14.3 Å². The van der Waals surface area contributed by atoms with E-state index in [0.29, 0.717) is 6.54 Å². The third-order valence-corrected chi connectivity index (χ3v) is 1.91. The number of carbonyl (C=O) groups excluding carboxylic acids is 2. The fraction of sp³-hybridized carbons (Fsp3) is 0.818. The van der Waals surface area contributed by atoms with Gasteiger partial charge in [-0.15, -0.1) is 0 Å². The molecule has 0 radical (unpaired) electrons. The van der Waals surface area contributed by atoms with Gasteiger partial charge < -0.3 is 10.1 Å². The number of hydrogen-bond donors (Lipinski definition) is 1. The first-order valence-corrected chi connectivity index (χ1v) is 5.62. The number of esters is 1. The van der Waals surface area contributed by atoms with E-state index in [1.54, 1.807) is 25.8 Å². The maximum atomic E-state index is 11.4. The van der Waals surface area contributed by atoms with E-state index in [2.05, 4.69) is 5.32 Å². The average molecular weight is 230 g/mol. The van der Waals surface area contributed by atoms with Crippen LogP contribution in [0.5, 0.6) is 0 Å². The first-order chi connectivity index (χ1) is 7.49. The number of nitrogens with zero attached hydrogens (tertiary/aromatic N) is 1. The Morgan fingerprint density at radius 2 is 1.94 bits per heavy atom. The van der Waals surface area contributed by atoms with E-state index >= 15 is 0 Å². The zero-order chi connectivity index (χ0) is 12.6. The Kier molecular flexibility index (Phi) is 7.54. The quantitative estimate of drug-likeness (QED) is 0.643. The van der Waals surface area contributed by atoms with Crippen LogP contribution in [0.2, 0.25) is 0 Å². The lowest BCUT2D eigenvalue weighted by atomic mass is 10.3. The number of ether oxygens (including phenoxy) is 1. The van der Waals surface area contributed by atoms with Crippen LogP contribution in [-0.2, 0) is 14.3 Å². The minimum atomic E-state index is -0.285. The van der Waals surface area contributed by atoms with Crippen molar-refractivity contribution in [3.8, 4) is 0 Å². The minimum absolute atomic E-state index is 0.0919. The fourth-order valence-corrected chi connectivity index (χ4v) is 1.30. The van der Waals surface area contributed by atoms with Crippen LogP contribution in [0, 0.1) is 0 Å². The molecular formula is C11H22N2O3. The molecule has 0 atom stereocenters. The monoisotopic (exact) mass is 230 g/mol. The summed E-state index contributed by atoms with van der Waals surface area (Å²) < 4.78 is 5.03. The normalized spacial score (nSPS) is 10.6. The zero-order valence-electron chi connectivity index (χ0n) is 10.6. The molecule has 0 aliphatic carbocycles. The van der Waals surface area contributed by atoms with Gasteiger partial charge in [-0.2, -0.15) is 0 Å². The van der Waals surface area contributed by atoms with Crippen molar-refractivity contribution in [2.75, 3.05) is 26.7 Å². The molecule has 0 aromatic carbocycles. The third kappa shape index (κ3) is 7.23. The molecule has 5 heteroatoms. The smallest absolute Gasteiger partial charge is 0.320 e. The number of amides is 1. The van der Waals surface area contributed by atoms with Crippen molar-refractivity contribution >= 4 is 11.9 Å². The lowest BCUT2D eigenvalue weighted by Gasteiger charge is -2.20. The molecular weight excluding hydrogens is 208 g/mol. The SMILES string of the molecule is CCCN(CC(=O)NC)CC(=O)OC(C)C. The molecule has 0 aromatic rings. The Morgan fingerprint density at radius 3 is 2.38 bits per heavy atom. The highest BCUT2D eigenvalue weighted by atomic mass is 16.5. The molecule has 0 bridgehead atoms. The Bertz CT molecular complexity index is 229. The van der Waals surface area contributed by atoms with E-state index in [0.717, 1.165) is 6.42 Å². The highest BCUT2D eigenvalue weighted by Crippen LogP contribution is 1.95. The van der Waals surface area contributed by atoms with Crippen molar-refractivity contribution in [2.24, 2.45) is 0 Å². The van der Waals surface area contributed by atoms with Crippen LogP contribution in [-0.4, -0.2) is 49.6 Å². The highest BCUT2D eigenvalue weighted by molar-refractivity contribution is 5.79. The van der Waals surface area contributed by atoms with Gasteiger partial charge in [-0.25, -0.2) is 0 Å². The Balaban J connectivity index is 4.11. The first-order valence-electron chi connectivity index (χ1n) is 5.62. The molecule has 1 amide bonds. The molecule has 0 unspecified atom stereocenters. The summed E-state index contributed by atoms with van der Waals surface area (Å²) in [6.45, 7) is 6.73. The van der Waals surface area contributed by atoms with Crippen molar-refractivity contribution in [1.82, 2.24) is 10.2 Å². The average Bonchev–Trinajstić information content (AvgIpc) is 2.16. The van der Waals surface area contributed by atoms with Crippen LogP contribution < -0.4 is 5.32 Å². The molecule has 16 heavy (non-hydrogen) atoms. The van der Waals surface area contributed by atoms with E-state index in [4.69, 9.17) is 4.74 Å². The molecule has 0 rings (SSSR count). The van der Waals surface area contributed by atoms with Gasteiger partial charge in [-0.3, -0.25) is 14.5 Å². The van der Waals surface area contributed by atoms with Gasteiger partial charge in [-0.1, -0.05) is 6.92 Å². The predicted molar refractivity (Wildman–Crippen MR) is 62.0 cm³/mol. The molecule has 0 saturated carbocycles. The van der Waals surface area contributed by atoms with Crippen LogP contribution in [0.3, 0.4) is 0 Å². The molecule has 0 spiro atoms. The van der Waals surface area contributed by atoms with Gasteiger partial charge in [0.2, 0.25) is 5.91 Å². The number of carbonyl (C=O) groups is 2. The summed E-state index contributed by atoms with van der Waals surface area (Å²) in [7, 11) is 1.58. The molecule has 0 aromatic heterocycles. The van der Waals surface area contributed by atoms with E-state index in [1.807, 2.05) is 6.92 Å².